The minimum absolute atomic E-state index is 0.409. The zero-order valence-corrected chi connectivity index (χ0v) is 8.49. The van der Waals surface area contributed by atoms with Crippen LogP contribution in [-0.4, -0.2) is 11.7 Å². The molecule has 0 spiro atoms. The van der Waals surface area contributed by atoms with Crippen molar-refractivity contribution < 1.29 is 9.84 Å². The SMILES string of the molecule is CCCCc1ccc2c(c1)C(O)CO2. The Labute approximate surface area is 84.5 Å². The van der Waals surface area contributed by atoms with Gasteiger partial charge in [0.15, 0.2) is 0 Å². The Hall–Kier alpha value is -1.02. The van der Waals surface area contributed by atoms with Gasteiger partial charge < -0.3 is 9.84 Å². The number of benzene rings is 1. The van der Waals surface area contributed by atoms with Crippen LogP contribution in [0.4, 0.5) is 0 Å². The van der Waals surface area contributed by atoms with E-state index in [9.17, 15) is 5.11 Å². The summed E-state index contributed by atoms with van der Waals surface area (Å²) in [5, 5.41) is 9.61. The number of hydrogen-bond donors (Lipinski definition) is 1. The maximum atomic E-state index is 9.61. The number of fused-ring (bicyclic) bond motifs is 1. The van der Waals surface area contributed by atoms with Gasteiger partial charge in [-0.3, -0.25) is 0 Å². The molecule has 0 saturated carbocycles. The lowest BCUT2D eigenvalue weighted by Gasteiger charge is -2.04. The molecule has 1 unspecified atom stereocenters. The second kappa shape index (κ2) is 4.01. The molecular formula is C12H16O2. The molecule has 1 aliphatic heterocycles. The fourth-order valence-electron chi connectivity index (χ4n) is 1.78. The van der Waals surface area contributed by atoms with E-state index < -0.39 is 6.10 Å². The van der Waals surface area contributed by atoms with Gasteiger partial charge in [0.25, 0.3) is 0 Å². The number of aliphatic hydroxyl groups is 1. The number of aryl methyl sites for hydroxylation is 1. The smallest absolute Gasteiger partial charge is 0.125 e. The second-order valence-electron chi connectivity index (χ2n) is 3.80. The summed E-state index contributed by atoms with van der Waals surface area (Å²) in [5.41, 5.74) is 2.26. The molecule has 0 amide bonds. The summed E-state index contributed by atoms with van der Waals surface area (Å²) in [6.07, 6.45) is 3.08. The maximum absolute atomic E-state index is 9.61. The highest BCUT2D eigenvalue weighted by Gasteiger charge is 2.21. The Kier molecular flexibility index (Phi) is 2.73. The Morgan fingerprint density at radius 3 is 3.14 bits per heavy atom. The molecule has 0 aromatic heterocycles. The number of rotatable bonds is 3. The van der Waals surface area contributed by atoms with Crippen molar-refractivity contribution in [1.82, 2.24) is 0 Å². The van der Waals surface area contributed by atoms with Crippen LogP contribution in [0.25, 0.3) is 0 Å². The monoisotopic (exact) mass is 192 g/mol. The van der Waals surface area contributed by atoms with Crippen molar-refractivity contribution in [2.45, 2.75) is 32.3 Å². The van der Waals surface area contributed by atoms with E-state index in [0.717, 1.165) is 17.7 Å². The Morgan fingerprint density at radius 2 is 2.36 bits per heavy atom. The molecule has 14 heavy (non-hydrogen) atoms. The molecule has 1 aromatic carbocycles. The quantitative estimate of drug-likeness (QED) is 0.797. The first-order valence-electron chi connectivity index (χ1n) is 5.25. The van der Waals surface area contributed by atoms with Crippen molar-refractivity contribution in [3.05, 3.63) is 29.3 Å². The summed E-state index contributed by atoms with van der Waals surface area (Å²) in [5.74, 6) is 0.845. The van der Waals surface area contributed by atoms with E-state index in [1.165, 1.54) is 18.4 Å². The van der Waals surface area contributed by atoms with Crippen molar-refractivity contribution in [2.24, 2.45) is 0 Å². The summed E-state index contributed by atoms with van der Waals surface area (Å²) < 4.78 is 5.32. The molecule has 0 bridgehead atoms. The van der Waals surface area contributed by atoms with Crippen molar-refractivity contribution in [3.8, 4) is 5.75 Å². The highest BCUT2D eigenvalue weighted by atomic mass is 16.5. The molecule has 0 fully saturated rings. The van der Waals surface area contributed by atoms with Crippen molar-refractivity contribution >= 4 is 0 Å². The lowest BCUT2D eigenvalue weighted by molar-refractivity contribution is 0.140. The van der Waals surface area contributed by atoms with Crippen LogP contribution in [-0.2, 0) is 6.42 Å². The Bertz CT molecular complexity index is 320. The first-order chi connectivity index (χ1) is 6.81. The van der Waals surface area contributed by atoms with Gasteiger partial charge in [-0.25, -0.2) is 0 Å². The van der Waals surface area contributed by atoms with Gasteiger partial charge in [-0.1, -0.05) is 19.4 Å². The minimum Gasteiger partial charge on any atom is -0.490 e. The zero-order chi connectivity index (χ0) is 9.97. The van der Waals surface area contributed by atoms with Crippen LogP contribution in [0.5, 0.6) is 5.75 Å². The van der Waals surface area contributed by atoms with Gasteiger partial charge in [0.05, 0.1) is 0 Å². The topological polar surface area (TPSA) is 29.5 Å². The van der Waals surface area contributed by atoms with Crippen LogP contribution in [0.1, 0.15) is 37.0 Å². The third-order valence-corrected chi connectivity index (χ3v) is 2.65. The van der Waals surface area contributed by atoms with Crippen LogP contribution in [0.15, 0.2) is 18.2 Å². The Balaban J connectivity index is 2.17. The lowest BCUT2D eigenvalue weighted by atomic mass is 10.0. The van der Waals surface area contributed by atoms with Gasteiger partial charge in [-0.15, -0.1) is 0 Å². The second-order valence-corrected chi connectivity index (χ2v) is 3.80. The number of ether oxygens (including phenoxy) is 1. The average molecular weight is 192 g/mol. The first kappa shape index (κ1) is 9.53. The van der Waals surface area contributed by atoms with Crippen LogP contribution < -0.4 is 4.74 Å². The van der Waals surface area contributed by atoms with E-state index in [0.29, 0.717) is 6.61 Å². The molecule has 1 aromatic rings. The standard InChI is InChI=1S/C12H16O2/c1-2-3-4-9-5-6-12-10(7-9)11(13)8-14-12/h5-7,11,13H,2-4,8H2,1H3. The fourth-order valence-corrected chi connectivity index (χ4v) is 1.78. The maximum Gasteiger partial charge on any atom is 0.125 e. The van der Waals surface area contributed by atoms with Crippen LogP contribution in [0.2, 0.25) is 0 Å². The lowest BCUT2D eigenvalue weighted by Crippen LogP contribution is -1.97. The summed E-state index contributed by atoms with van der Waals surface area (Å²) in [7, 11) is 0. The number of hydrogen-bond acceptors (Lipinski definition) is 2. The van der Waals surface area contributed by atoms with Gasteiger partial charge in [-0.2, -0.15) is 0 Å². The molecule has 1 heterocycles. The van der Waals surface area contributed by atoms with E-state index in [4.69, 9.17) is 4.74 Å². The molecular weight excluding hydrogens is 176 g/mol. The van der Waals surface area contributed by atoms with E-state index in [2.05, 4.69) is 19.1 Å². The highest BCUT2D eigenvalue weighted by Crippen LogP contribution is 2.32. The highest BCUT2D eigenvalue weighted by molar-refractivity contribution is 5.41. The first-order valence-corrected chi connectivity index (χ1v) is 5.25. The largest absolute Gasteiger partial charge is 0.490 e. The molecule has 2 rings (SSSR count). The predicted octanol–water partition coefficient (Wildman–Crippen LogP) is 2.46. The minimum atomic E-state index is -0.424. The van der Waals surface area contributed by atoms with Crippen LogP contribution >= 0.6 is 0 Å². The van der Waals surface area contributed by atoms with E-state index in [-0.39, 0.29) is 0 Å². The van der Waals surface area contributed by atoms with Gasteiger partial charge in [0, 0.05) is 5.56 Å². The number of aliphatic hydroxyl groups excluding tert-OH is 1. The molecule has 2 nitrogen and oxygen atoms in total. The van der Waals surface area contributed by atoms with Gasteiger partial charge in [0.1, 0.15) is 18.5 Å². The van der Waals surface area contributed by atoms with Crippen LogP contribution in [0, 0.1) is 0 Å². The molecule has 0 radical (unpaired) electrons. The number of unbranched alkanes of at least 4 members (excludes halogenated alkanes) is 1. The molecule has 76 valence electrons. The predicted molar refractivity (Wildman–Crippen MR) is 55.5 cm³/mol. The summed E-state index contributed by atoms with van der Waals surface area (Å²) in [6, 6.07) is 6.13. The third kappa shape index (κ3) is 1.75. The Morgan fingerprint density at radius 1 is 1.50 bits per heavy atom. The van der Waals surface area contributed by atoms with Crippen LogP contribution in [0.3, 0.4) is 0 Å². The zero-order valence-electron chi connectivity index (χ0n) is 8.49. The summed E-state index contributed by atoms with van der Waals surface area (Å²) >= 11 is 0. The van der Waals surface area contributed by atoms with E-state index in [1.54, 1.807) is 0 Å². The average Bonchev–Trinajstić information content (AvgIpc) is 2.57. The van der Waals surface area contributed by atoms with Crippen molar-refractivity contribution in [3.63, 3.8) is 0 Å². The summed E-state index contributed by atoms with van der Waals surface area (Å²) in [6.45, 7) is 2.60. The third-order valence-electron chi connectivity index (χ3n) is 2.65. The van der Waals surface area contributed by atoms with Gasteiger partial charge in [0.2, 0.25) is 0 Å². The molecule has 2 heteroatoms. The van der Waals surface area contributed by atoms with Gasteiger partial charge in [-0.05, 0) is 30.5 Å². The van der Waals surface area contributed by atoms with E-state index >= 15 is 0 Å². The van der Waals surface area contributed by atoms with Crippen molar-refractivity contribution in [1.29, 1.82) is 0 Å². The molecule has 0 aliphatic carbocycles. The molecule has 1 N–H and O–H groups in total. The normalized spacial score (nSPS) is 19.1. The fraction of sp³-hybridized carbons (Fsp3) is 0.500. The summed E-state index contributed by atoms with van der Waals surface area (Å²) in [4.78, 5) is 0. The van der Waals surface area contributed by atoms with E-state index in [1.807, 2.05) is 6.07 Å². The molecule has 0 saturated heterocycles. The van der Waals surface area contributed by atoms with Gasteiger partial charge >= 0.3 is 0 Å². The van der Waals surface area contributed by atoms with Crippen molar-refractivity contribution in [2.75, 3.05) is 6.61 Å². The molecule has 1 aliphatic rings. The molecule has 1 atom stereocenters.